The first-order chi connectivity index (χ1) is 13.9. The highest BCUT2D eigenvalue weighted by Crippen LogP contribution is 2.21. The van der Waals surface area contributed by atoms with Crippen LogP contribution >= 0.6 is 0 Å². The molecule has 0 heterocycles. The van der Waals surface area contributed by atoms with Crippen molar-refractivity contribution in [3.05, 3.63) is 24.3 Å². The number of hydrogen-bond acceptors (Lipinski definition) is 5. The average Bonchev–Trinajstić information content (AvgIpc) is 2.66. The Morgan fingerprint density at radius 2 is 1.41 bits per heavy atom. The summed E-state index contributed by atoms with van der Waals surface area (Å²) in [5.41, 5.74) is 0. The van der Waals surface area contributed by atoms with Gasteiger partial charge in [-0.25, -0.2) is 0 Å². The molecule has 0 aliphatic carbocycles. The molecule has 0 aromatic heterocycles. The number of carbonyl (C=O) groups excluding carboxylic acids is 1. The van der Waals surface area contributed by atoms with E-state index in [0.717, 1.165) is 38.5 Å². The molecule has 0 spiro atoms. The summed E-state index contributed by atoms with van der Waals surface area (Å²) in [7, 11) is 0. The van der Waals surface area contributed by atoms with E-state index in [1.807, 2.05) is 19.1 Å². The minimum Gasteiger partial charge on any atom is -0.544 e. The predicted octanol–water partition coefficient (Wildman–Crippen LogP) is 1.93. The van der Waals surface area contributed by atoms with E-state index in [0.29, 0.717) is 12.8 Å². The number of carbonyl (C=O) groups is 1. The van der Waals surface area contributed by atoms with Crippen molar-refractivity contribution in [3.8, 4) is 0 Å². The molecule has 3 N–H and O–H groups in total. The van der Waals surface area contributed by atoms with Gasteiger partial charge in [-0.15, -0.1) is 0 Å². The van der Waals surface area contributed by atoms with Crippen LogP contribution in [0.4, 0.5) is 0 Å². The van der Waals surface area contributed by atoms with Gasteiger partial charge in [0, 0.05) is 6.42 Å². The molecular weight excluding hydrogens is 370 g/mol. The van der Waals surface area contributed by atoms with Gasteiger partial charge < -0.3 is 29.7 Å². The second kappa shape index (κ2) is 16.6. The molecule has 6 nitrogen and oxygen atoms in total. The minimum absolute atomic E-state index is 0.106. The van der Waals surface area contributed by atoms with Crippen molar-refractivity contribution in [1.29, 1.82) is 0 Å². The fourth-order valence-corrected chi connectivity index (χ4v) is 3.77. The summed E-state index contributed by atoms with van der Waals surface area (Å²) in [6.07, 6.45) is 12.4. The topological polar surface area (TPSA) is 101 Å². The van der Waals surface area contributed by atoms with Gasteiger partial charge in [0.15, 0.2) is 0 Å². The maximum atomic E-state index is 12.0. The maximum Gasteiger partial charge on any atom is 0.129 e. The van der Waals surface area contributed by atoms with Crippen molar-refractivity contribution < 1.29 is 29.7 Å². The summed E-state index contributed by atoms with van der Waals surface area (Å²) in [5.74, 6) is -1.20. The lowest BCUT2D eigenvalue weighted by Gasteiger charge is -2.46. The Morgan fingerprint density at radius 1 is 0.931 bits per heavy atom. The van der Waals surface area contributed by atoms with Crippen LogP contribution in [0.25, 0.3) is 0 Å². The third kappa shape index (κ3) is 11.5. The second-order valence-electron chi connectivity index (χ2n) is 7.93. The molecule has 0 aromatic carbocycles. The van der Waals surface area contributed by atoms with Crippen LogP contribution in [0.15, 0.2) is 24.3 Å². The van der Waals surface area contributed by atoms with Crippen LogP contribution in [0, 0.1) is 0 Å². The fraction of sp³-hybridized carbons (Fsp3) is 0.783. The Hall–Kier alpha value is -1.21. The molecule has 4 atom stereocenters. The number of quaternary nitrogens is 1. The molecule has 0 rings (SSSR count). The number of rotatable bonds is 18. The van der Waals surface area contributed by atoms with E-state index in [4.69, 9.17) is 0 Å². The van der Waals surface area contributed by atoms with Crippen LogP contribution in [-0.4, -0.2) is 70.3 Å². The molecule has 0 radical (unpaired) electrons. The largest absolute Gasteiger partial charge is 0.544 e. The van der Waals surface area contributed by atoms with Gasteiger partial charge in [-0.05, 0) is 12.8 Å². The number of aliphatic carboxylic acids is 1. The van der Waals surface area contributed by atoms with Crippen molar-refractivity contribution >= 4 is 5.97 Å². The Morgan fingerprint density at radius 3 is 1.76 bits per heavy atom. The van der Waals surface area contributed by atoms with Gasteiger partial charge in [-0.2, -0.15) is 0 Å². The van der Waals surface area contributed by atoms with Crippen LogP contribution in [0.3, 0.4) is 0 Å². The molecule has 170 valence electrons. The molecule has 0 bridgehead atoms. The van der Waals surface area contributed by atoms with Crippen molar-refractivity contribution in [1.82, 2.24) is 0 Å². The first-order valence-corrected chi connectivity index (χ1v) is 11.2. The monoisotopic (exact) mass is 413 g/mol. The van der Waals surface area contributed by atoms with Crippen LogP contribution in [0.5, 0.6) is 0 Å². The Labute approximate surface area is 177 Å². The van der Waals surface area contributed by atoms with Gasteiger partial charge in [0.2, 0.25) is 0 Å². The van der Waals surface area contributed by atoms with E-state index < -0.39 is 24.2 Å². The molecule has 0 fully saturated rings. The van der Waals surface area contributed by atoms with Crippen molar-refractivity contribution in [2.45, 2.75) is 90.4 Å². The van der Waals surface area contributed by atoms with Gasteiger partial charge in [0.1, 0.15) is 37.9 Å². The van der Waals surface area contributed by atoms with Crippen molar-refractivity contribution in [2.24, 2.45) is 0 Å². The van der Waals surface area contributed by atoms with Crippen LogP contribution in [-0.2, 0) is 4.79 Å². The Kier molecular flexibility index (Phi) is 15.9. The SMILES string of the molecule is CCCC/C=C\C(O)C[N+](CCO)(CC(O)/C=C/CCCC)C(CCC)C(=O)[O-]. The molecule has 0 saturated carbocycles. The number of carboxylic acids is 1. The first-order valence-electron chi connectivity index (χ1n) is 11.2. The van der Waals surface area contributed by atoms with Crippen LogP contribution in [0.1, 0.15) is 72.1 Å². The average molecular weight is 414 g/mol. The molecule has 0 aliphatic heterocycles. The lowest BCUT2D eigenvalue weighted by Crippen LogP contribution is -2.66. The molecule has 0 aliphatic rings. The van der Waals surface area contributed by atoms with E-state index in [-0.39, 0.29) is 30.7 Å². The maximum absolute atomic E-state index is 12.0. The molecule has 6 heteroatoms. The summed E-state index contributed by atoms with van der Waals surface area (Å²) >= 11 is 0. The summed E-state index contributed by atoms with van der Waals surface area (Å²) in [6, 6.07) is -0.899. The minimum atomic E-state index is -1.20. The van der Waals surface area contributed by atoms with Gasteiger partial charge in [0.05, 0.1) is 12.6 Å². The zero-order valence-electron chi connectivity index (χ0n) is 18.6. The van der Waals surface area contributed by atoms with E-state index in [2.05, 4.69) is 13.8 Å². The third-order valence-electron chi connectivity index (χ3n) is 5.31. The van der Waals surface area contributed by atoms with Crippen molar-refractivity contribution in [3.63, 3.8) is 0 Å². The number of carboxylic acid groups (broad SMARTS) is 1. The number of nitrogens with zero attached hydrogens (tertiary/aromatic N) is 1. The summed E-state index contributed by atoms with van der Waals surface area (Å²) in [6.45, 7) is 6.22. The lowest BCUT2D eigenvalue weighted by molar-refractivity contribution is -0.949. The van der Waals surface area contributed by atoms with Crippen LogP contribution < -0.4 is 5.11 Å². The summed E-state index contributed by atoms with van der Waals surface area (Å²) in [4.78, 5) is 12.0. The quantitative estimate of drug-likeness (QED) is 0.181. The molecule has 0 amide bonds. The first kappa shape index (κ1) is 27.8. The highest BCUT2D eigenvalue weighted by atomic mass is 16.4. The summed E-state index contributed by atoms with van der Waals surface area (Å²) < 4.78 is -0.106. The lowest BCUT2D eigenvalue weighted by atomic mass is 10.0. The standard InChI is InChI=1S/C23H43NO5/c1-4-7-9-11-14-20(26)18-24(16-17-25,22(13-6-3)23(28)29)19-21(27)15-12-10-8-5-2/h11-12,14-15,20-22,25-27H,4-10,13,16-19H2,1-3H3/b14-11-,15-12+. The summed E-state index contributed by atoms with van der Waals surface area (Å²) in [5, 5.41) is 42.8. The highest BCUT2D eigenvalue weighted by molar-refractivity contribution is 5.69. The molecule has 0 saturated heterocycles. The van der Waals surface area contributed by atoms with Crippen molar-refractivity contribution in [2.75, 3.05) is 26.2 Å². The zero-order valence-corrected chi connectivity index (χ0v) is 18.6. The Balaban J connectivity index is 5.60. The molecule has 0 aromatic rings. The number of aliphatic hydroxyl groups is 3. The van der Waals surface area contributed by atoms with Gasteiger partial charge in [-0.1, -0.05) is 77.2 Å². The second-order valence-corrected chi connectivity index (χ2v) is 7.93. The number of allylic oxidation sites excluding steroid dienone is 2. The van der Waals surface area contributed by atoms with E-state index in [1.54, 1.807) is 12.2 Å². The van der Waals surface area contributed by atoms with Crippen LogP contribution in [0.2, 0.25) is 0 Å². The fourth-order valence-electron chi connectivity index (χ4n) is 3.77. The normalized spacial score (nSPS) is 17.4. The van der Waals surface area contributed by atoms with Gasteiger partial charge >= 0.3 is 0 Å². The van der Waals surface area contributed by atoms with E-state index in [1.165, 1.54) is 0 Å². The number of aliphatic hydroxyl groups excluding tert-OH is 3. The smallest absolute Gasteiger partial charge is 0.129 e. The molecular formula is C23H43NO5. The highest BCUT2D eigenvalue weighted by Gasteiger charge is 2.39. The predicted molar refractivity (Wildman–Crippen MR) is 115 cm³/mol. The van der Waals surface area contributed by atoms with E-state index >= 15 is 0 Å². The third-order valence-corrected chi connectivity index (χ3v) is 5.31. The van der Waals surface area contributed by atoms with Gasteiger partial charge in [-0.3, -0.25) is 0 Å². The Bertz CT molecular complexity index is 452. The zero-order chi connectivity index (χ0) is 22.1. The van der Waals surface area contributed by atoms with Gasteiger partial charge in [0.25, 0.3) is 0 Å². The molecule has 29 heavy (non-hydrogen) atoms. The van der Waals surface area contributed by atoms with E-state index in [9.17, 15) is 25.2 Å². The number of hydrogen-bond donors (Lipinski definition) is 3. The number of unbranched alkanes of at least 4 members (excludes halogenated alkanes) is 4. The molecule has 4 unspecified atom stereocenters.